The Morgan fingerprint density at radius 2 is 2.24 bits per heavy atom. The van der Waals surface area contributed by atoms with Crippen LogP contribution in [0, 0.1) is 11.7 Å². The Morgan fingerprint density at radius 3 is 2.82 bits per heavy atom. The van der Waals surface area contributed by atoms with Crippen LogP contribution in [0.4, 0.5) is 10.1 Å². The van der Waals surface area contributed by atoms with E-state index >= 15 is 0 Å². The predicted octanol–water partition coefficient (Wildman–Crippen LogP) is 2.27. The molecule has 94 valence electrons. The molecule has 5 heteroatoms. The number of halogens is 1. The SMILES string of the molecule is CC(C)CNC(=O)CSc1ccc(N)c(F)c1. The van der Waals surface area contributed by atoms with E-state index in [4.69, 9.17) is 5.73 Å². The lowest BCUT2D eigenvalue weighted by molar-refractivity contribution is -0.118. The molecular formula is C12H17FN2OS. The molecule has 1 aromatic rings. The Balaban J connectivity index is 2.39. The van der Waals surface area contributed by atoms with Crippen molar-refractivity contribution in [3.05, 3.63) is 24.0 Å². The Hall–Kier alpha value is -1.23. The number of amides is 1. The first-order valence-corrected chi connectivity index (χ1v) is 6.42. The van der Waals surface area contributed by atoms with Gasteiger partial charge in [0.2, 0.25) is 5.91 Å². The summed E-state index contributed by atoms with van der Waals surface area (Å²) in [6.45, 7) is 4.72. The van der Waals surface area contributed by atoms with Crippen LogP contribution in [-0.4, -0.2) is 18.2 Å². The van der Waals surface area contributed by atoms with Gasteiger partial charge in [0.25, 0.3) is 0 Å². The van der Waals surface area contributed by atoms with Crippen molar-refractivity contribution in [3.63, 3.8) is 0 Å². The van der Waals surface area contributed by atoms with Gasteiger partial charge >= 0.3 is 0 Å². The third kappa shape index (κ3) is 5.08. The smallest absolute Gasteiger partial charge is 0.230 e. The number of nitrogens with two attached hydrogens (primary N) is 1. The number of anilines is 1. The summed E-state index contributed by atoms with van der Waals surface area (Å²) in [4.78, 5) is 12.1. The zero-order valence-corrected chi connectivity index (χ0v) is 10.8. The third-order valence-corrected chi connectivity index (χ3v) is 3.04. The maximum atomic E-state index is 13.1. The second-order valence-corrected chi connectivity index (χ2v) is 5.22. The van der Waals surface area contributed by atoms with Gasteiger partial charge in [-0.25, -0.2) is 4.39 Å². The topological polar surface area (TPSA) is 55.1 Å². The van der Waals surface area contributed by atoms with Gasteiger partial charge in [-0.1, -0.05) is 13.8 Å². The molecule has 3 N–H and O–H groups in total. The number of carbonyl (C=O) groups is 1. The Kier molecular flexibility index (Phi) is 5.28. The van der Waals surface area contributed by atoms with E-state index in [2.05, 4.69) is 5.32 Å². The number of carbonyl (C=O) groups excluding carboxylic acids is 1. The standard InChI is InChI=1S/C12H17FN2OS/c1-8(2)6-15-12(16)7-17-9-3-4-11(14)10(13)5-9/h3-5,8H,6-7,14H2,1-2H3,(H,15,16). The summed E-state index contributed by atoms with van der Waals surface area (Å²) in [6.07, 6.45) is 0. The van der Waals surface area contributed by atoms with Gasteiger partial charge in [-0.3, -0.25) is 4.79 Å². The van der Waals surface area contributed by atoms with Gasteiger partial charge in [-0.05, 0) is 24.1 Å². The number of nitrogens with one attached hydrogen (secondary N) is 1. The molecule has 1 amide bonds. The van der Waals surface area contributed by atoms with Gasteiger partial charge in [0, 0.05) is 11.4 Å². The second kappa shape index (κ2) is 6.49. The van der Waals surface area contributed by atoms with Crippen molar-refractivity contribution in [1.82, 2.24) is 5.32 Å². The molecule has 0 heterocycles. The molecule has 0 aliphatic carbocycles. The number of nitrogen functional groups attached to an aromatic ring is 1. The lowest BCUT2D eigenvalue weighted by Crippen LogP contribution is -2.28. The minimum absolute atomic E-state index is 0.0408. The van der Waals surface area contributed by atoms with E-state index in [9.17, 15) is 9.18 Å². The Morgan fingerprint density at radius 1 is 1.53 bits per heavy atom. The fraction of sp³-hybridized carbons (Fsp3) is 0.417. The summed E-state index contributed by atoms with van der Waals surface area (Å²) in [5, 5.41) is 2.80. The summed E-state index contributed by atoms with van der Waals surface area (Å²) in [5.41, 5.74) is 5.49. The summed E-state index contributed by atoms with van der Waals surface area (Å²) < 4.78 is 13.1. The van der Waals surface area contributed by atoms with Crippen LogP contribution >= 0.6 is 11.8 Å². The zero-order chi connectivity index (χ0) is 12.8. The highest BCUT2D eigenvalue weighted by molar-refractivity contribution is 8.00. The third-order valence-electron chi connectivity index (χ3n) is 2.05. The van der Waals surface area contributed by atoms with Crippen LogP contribution in [-0.2, 0) is 4.79 Å². The lowest BCUT2D eigenvalue weighted by Gasteiger charge is -2.07. The van der Waals surface area contributed by atoms with Crippen LogP contribution in [0.25, 0.3) is 0 Å². The molecule has 0 unspecified atom stereocenters. The molecule has 0 aromatic heterocycles. The van der Waals surface area contributed by atoms with Crippen molar-refractivity contribution in [2.45, 2.75) is 18.7 Å². The molecule has 0 saturated carbocycles. The molecule has 0 atom stereocenters. The molecule has 1 rings (SSSR count). The van der Waals surface area contributed by atoms with E-state index in [0.717, 1.165) is 0 Å². The Bertz CT molecular complexity index is 396. The van der Waals surface area contributed by atoms with Crippen molar-refractivity contribution >= 4 is 23.4 Å². The molecule has 0 aliphatic rings. The van der Waals surface area contributed by atoms with Crippen molar-refractivity contribution in [3.8, 4) is 0 Å². The van der Waals surface area contributed by atoms with E-state index in [-0.39, 0.29) is 17.3 Å². The van der Waals surface area contributed by atoms with Gasteiger partial charge in [0.1, 0.15) is 5.82 Å². The number of benzene rings is 1. The number of rotatable bonds is 5. The molecule has 0 spiro atoms. The van der Waals surface area contributed by atoms with E-state index in [1.54, 1.807) is 6.07 Å². The van der Waals surface area contributed by atoms with E-state index < -0.39 is 5.82 Å². The summed E-state index contributed by atoms with van der Waals surface area (Å²) in [6, 6.07) is 4.55. The van der Waals surface area contributed by atoms with Crippen LogP contribution in [0.1, 0.15) is 13.8 Å². The van der Waals surface area contributed by atoms with E-state index in [1.807, 2.05) is 13.8 Å². The highest BCUT2D eigenvalue weighted by atomic mass is 32.2. The average Bonchev–Trinajstić information content (AvgIpc) is 2.28. The fourth-order valence-corrected chi connectivity index (χ4v) is 1.87. The first kappa shape index (κ1) is 13.8. The molecule has 0 aliphatic heterocycles. The lowest BCUT2D eigenvalue weighted by atomic mass is 10.2. The van der Waals surface area contributed by atoms with Gasteiger partial charge in [0.15, 0.2) is 0 Å². The molecular weight excluding hydrogens is 239 g/mol. The number of hydrogen-bond donors (Lipinski definition) is 2. The fourth-order valence-electron chi connectivity index (χ4n) is 1.12. The van der Waals surface area contributed by atoms with Gasteiger partial charge < -0.3 is 11.1 Å². The van der Waals surface area contributed by atoms with Crippen molar-refractivity contribution in [2.24, 2.45) is 5.92 Å². The molecule has 0 fully saturated rings. The maximum Gasteiger partial charge on any atom is 0.230 e. The van der Waals surface area contributed by atoms with Crippen molar-refractivity contribution in [1.29, 1.82) is 0 Å². The van der Waals surface area contributed by atoms with E-state index in [0.29, 0.717) is 17.4 Å². The summed E-state index contributed by atoms with van der Waals surface area (Å²) in [5.74, 6) is 0.229. The van der Waals surface area contributed by atoms with Crippen LogP contribution in [0.5, 0.6) is 0 Å². The van der Waals surface area contributed by atoms with E-state index in [1.165, 1.54) is 23.9 Å². The molecule has 0 bridgehead atoms. The number of hydrogen-bond acceptors (Lipinski definition) is 3. The monoisotopic (exact) mass is 256 g/mol. The average molecular weight is 256 g/mol. The largest absolute Gasteiger partial charge is 0.396 e. The quantitative estimate of drug-likeness (QED) is 0.627. The Labute approximate surface area is 105 Å². The van der Waals surface area contributed by atoms with Gasteiger partial charge in [-0.2, -0.15) is 0 Å². The summed E-state index contributed by atoms with van der Waals surface area (Å²) >= 11 is 1.30. The summed E-state index contributed by atoms with van der Waals surface area (Å²) in [7, 11) is 0. The van der Waals surface area contributed by atoms with Gasteiger partial charge in [-0.15, -0.1) is 11.8 Å². The first-order valence-electron chi connectivity index (χ1n) is 5.43. The first-order chi connectivity index (χ1) is 7.99. The highest BCUT2D eigenvalue weighted by Crippen LogP contribution is 2.21. The van der Waals surface area contributed by atoms with Crippen LogP contribution in [0.2, 0.25) is 0 Å². The van der Waals surface area contributed by atoms with Crippen LogP contribution in [0.3, 0.4) is 0 Å². The normalized spacial score (nSPS) is 10.6. The van der Waals surface area contributed by atoms with Crippen molar-refractivity contribution in [2.75, 3.05) is 18.0 Å². The molecule has 1 aromatic carbocycles. The second-order valence-electron chi connectivity index (χ2n) is 4.17. The predicted molar refractivity (Wildman–Crippen MR) is 69.4 cm³/mol. The van der Waals surface area contributed by atoms with Crippen LogP contribution < -0.4 is 11.1 Å². The molecule has 3 nitrogen and oxygen atoms in total. The molecule has 0 radical (unpaired) electrons. The van der Waals surface area contributed by atoms with Gasteiger partial charge in [0.05, 0.1) is 11.4 Å². The van der Waals surface area contributed by atoms with Crippen molar-refractivity contribution < 1.29 is 9.18 Å². The number of thioether (sulfide) groups is 1. The maximum absolute atomic E-state index is 13.1. The molecule has 0 saturated heterocycles. The minimum atomic E-state index is -0.447. The molecule has 17 heavy (non-hydrogen) atoms. The highest BCUT2D eigenvalue weighted by Gasteiger charge is 2.05. The zero-order valence-electron chi connectivity index (χ0n) is 10.00. The van der Waals surface area contributed by atoms with Crippen LogP contribution in [0.15, 0.2) is 23.1 Å². The minimum Gasteiger partial charge on any atom is -0.396 e.